The van der Waals surface area contributed by atoms with Crippen molar-refractivity contribution in [2.24, 2.45) is 0 Å². The summed E-state index contributed by atoms with van der Waals surface area (Å²) in [6.07, 6.45) is 0. The summed E-state index contributed by atoms with van der Waals surface area (Å²) in [6, 6.07) is 0. The van der Waals surface area contributed by atoms with Gasteiger partial charge < -0.3 is 18.9 Å². The lowest BCUT2D eigenvalue weighted by Crippen LogP contribution is -2.13. The van der Waals surface area contributed by atoms with Crippen LogP contribution in [-0.2, 0) is 18.9 Å². The van der Waals surface area contributed by atoms with E-state index in [-0.39, 0.29) is 0 Å². The molecule has 1 aliphatic rings. The molecule has 1 aromatic heterocycles. The van der Waals surface area contributed by atoms with Gasteiger partial charge in [-0.2, -0.15) is 0 Å². The molecular formula is C13H20O4S5. The Morgan fingerprint density at radius 1 is 0.591 bits per heavy atom. The molecule has 0 saturated carbocycles. The minimum Gasteiger partial charge on any atom is -0.378 e. The lowest BCUT2D eigenvalue weighted by atomic mass is 10.7. The van der Waals surface area contributed by atoms with Gasteiger partial charge in [-0.3, -0.25) is 0 Å². The highest BCUT2D eigenvalue weighted by Gasteiger charge is 2.09. The van der Waals surface area contributed by atoms with E-state index in [0.29, 0.717) is 39.6 Å². The van der Waals surface area contributed by atoms with E-state index in [2.05, 4.69) is 0 Å². The van der Waals surface area contributed by atoms with E-state index in [1.54, 1.807) is 22.7 Å². The van der Waals surface area contributed by atoms with Crippen LogP contribution < -0.4 is 0 Å². The van der Waals surface area contributed by atoms with Crippen LogP contribution in [0, 0.1) is 3.14 Å². The molecule has 2 heterocycles. The molecule has 2 rings (SSSR count). The van der Waals surface area contributed by atoms with E-state index in [1.165, 1.54) is 8.42 Å². The molecule has 0 aromatic carbocycles. The van der Waals surface area contributed by atoms with Crippen molar-refractivity contribution in [2.45, 2.75) is 8.42 Å². The van der Waals surface area contributed by atoms with Gasteiger partial charge in [-0.25, -0.2) is 0 Å². The van der Waals surface area contributed by atoms with Gasteiger partial charge in [0.2, 0.25) is 0 Å². The van der Waals surface area contributed by atoms with E-state index >= 15 is 0 Å². The first kappa shape index (κ1) is 19.1. The van der Waals surface area contributed by atoms with Crippen LogP contribution >= 0.6 is 58.4 Å². The van der Waals surface area contributed by atoms with Crippen molar-refractivity contribution in [3.63, 3.8) is 0 Å². The van der Waals surface area contributed by atoms with Crippen LogP contribution in [0.1, 0.15) is 0 Å². The van der Waals surface area contributed by atoms with Crippen LogP contribution in [0.4, 0.5) is 0 Å². The normalized spacial score (nSPS) is 20.7. The molecule has 0 amide bonds. The number of thioether (sulfide) groups is 2. The van der Waals surface area contributed by atoms with Crippen molar-refractivity contribution >= 4 is 58.4 Å². The molecule has 0 aliphatic carbocycles. The van der Waals surface area contributed by atoms with E-state index < -0.39 is 0 Å². The van der Waals surface area contributed by atoms with Crippen molar-refractivity contribution < 1.29 is 18.9 Å². The van der Waals surface area contributed by atoms with Gasteiger partial charge in [-0.05, 0) is 0 Å². The number of hydrogen-bond donors (Lipinski definition) is 0. The Bertz CT molecular complexity index is 423. The third-order valence-electron chi connectivity index (χ3n) is 2.56. The number of ether oxygens (including phenoxy) is 4. The molecule has 0 unspecified atom stereocenters. The Morgan fingerprint density at radius 3 is 1.36 bits per heavy atom. The predicted octanol–water partition coefficient (Wildman–Crippen LogP) is 3.80. The van der Waals surface area contributed by atoms with Crippen LogP contribution in [0.2, 0.25) is 0 Å². The van der Waals surface area contributed by atoms with Gasteiger partial charge in [-0.15, -0.1) is 46.2 Å². The Balaban J connectivity index is 1.80. The largest absolute Gasteiger partial charge is 0.378 e. The smallest absolute Gasteiger partial charge is 0.145 e. The minimum absolute atomic E-state index is 0.607. The maximum atomic E-state index is 5.57. The monoisotopic (exact) mass is 400 g/mol. The summed E-state index contributed by atoms with van der Waals surface area (Å²) in [5.41, 5.74) is 0. The molecule has 0 N–H and O–H groups in total. The van der Waals surface area contributed by atoms with E-state index in [1.807, 2.05) is 23.5 Å². The first-order chi connectivity index (χ1) is 10.9. The third-order valence-corrected chi connectivity index (χ3v) is 8.07. The average Bonchev–Trinajstić information content (AvgIpc) is 2.86. The number of rotatable bonds is 0. The predicted molar refractivity (Wildman–Crippen MR) is 97.8 cm³/mol. The maximum absolute atomic E-state index is 5.57. The molecule has 1 aromatic rings. The number of fused-ring (bicyclic) bond motifs is 1. The SMILES string of the molecule is S=c1sc2c(s1)SCCOCCOCCOCCOCCS2. The van der Waals surface area contributed by atoms with Gasteiger partial charge in [0.15, 0.2) is 0 Å². The van der Waals surface area contributed by atoms with Crippen LogP contribution in [0.5, 0.6) is 0 Å². The number of hydrogen-bond acceptors (Lipinski definition) is 9. The zero-order chi connectivity index (χ0) is 15.5. The summed E-state index contributed by atoms with van der Waals surface area (Å²) in [5.74, 6) is 1.88. The fourth-order valence-corrected chi connectivity index (χ4v) is 7.54. The minimum atomic E-state index is 0.607. The first-order valence-electron chi connectivity index (χ1n) is 7.07. The summed E-state index contributed by atoms with van der Waals surface area (Å²) >= 11 is 12.4. The molecule has 0 atom stereocenters. The van der Waals surface area contributed by atoms with Crippen molar-refractivity contribution in [1.82, 2.24) is 0 Å². The van der Waals surface area contributed by atoms with Crippen molar-refractivity contribution in [2.75, 3.05) is 64.4 Å². The Hall–Kier alpha value is 0.810. The van der Waals surface area contributed by atoms with Crippen LogP contribution in [0.25, 0.3) is 0 Å². The van der Waals surface area contributed by atoms with Gasteiger partial charge >= 0.3 is 0 Å². The van der Waals surface area contributed by atoms with Crippen molar-refractivity contribution in [3.8, 4) is 0 Å². The van der Waals surface area contributed by atoms with E-state index in [4.69, 9.17) is 31.2 Å². The fourth-order valence-electron chi connectivity index (χ4n) is 1.58. The second-order valence-corrected chi connectivity index (χ2v) is 10.1. The molecule has 0 bridgehead atoms. The zero-order valence-electron chi connectivity index (χ0n) is 12.2. The summed E-state index contributed by atoms with van der Waals surface area (Å²) < 4.78 is 25.6. The van der Waals surface area contributed by atoms with Gasteiger partial charge in [-0.1, -0.05) is 12.2 Å². The Kier molecular flexibility index (Phi) is 10.6. The molecule has 9 heteroatoms. The van der Waals surface area contributed by atoms with E-state index in [9.17, 15) is 0 Å². The zero-order valence-corrected chi connectivity index (χ0v) is 16.3. The van der Waals surface area contributed by atoms with E-state index in [0.717, 1.165) is 27.9 Å². The average molecular weight is 401 g/mol. The standard InChI is InChI=1S/C13H20O4S5/c18-13-21-11-12(22-13)20-10-8-17-6-4-15-2-1-14-3-5-16-7-9-19-11/h1-10H2. The molecule has 126 valence electrons. The lowest BCUT2D eigenvalue weighted by Gasteiger charge is -2.08. The summed E-state index contributed by atoms with van der Waals surface area (Å²) in [6.45, 7) is 5.16. The third kappa shape index (κ3) is 8.07. The second-order valence-electron chi connectivity index (χ2n) is 4.18. The molecule has 0 fully saturated rings. The quantitative estimate of drug-likeness (QED) is 0.613. The highest BCUT2D eigenvalue weighted by atomic mass is 32.2. The molecule has 0 spiro atoms. The van der Waals surface area contributed by atoms with Gasteiger partial charge in [0.1, 0.15) is 3.14 Å². The van der Waals surface area contributed by atoms with Crippen molar-refractivity contribution in [3.05, 3.63) is 3.14 Å². The summed E-state index contributed by atoms with van der Waals surface area (Å²) in [5, 5.41) is 0. The molecule has 22 heavy (non-hydrogen) atoms. The van der Waals surface area contributed by atoms with Crippen LogP contribution in [0.15, 0.2) is 8.42 Å². The summed E-state index contributed by atoms with van der Waals surface area (Å²) in [4.78, 5) is 0. The first-order valence-corrected chi connectivity index (χ1v) is 11.1. The van der Waals surface area contributed by atoms with Gasteiger partial charge in [0.05, 0.1) is 61.3 Å². The fraction of sp³-hybridized carbons (Fsp3) is 0.769. The molecule has 1 aliphatic heterocycles. The maximum Gasteiger partial charge on any atom is 0.145 e. The molecular weight excluding hydrogens is 380 g/mol. The molecule has 0 radical (unpaired) electrons. The topological polar surface area (TPSA) is 36.9 Å². The summed E-state index contributed by atoms with van der Waals surface area (Å²) in [7, 11) is 0. The van der Waals surface area contributed by atoms with Crippen LogP contribution in [-0.4, -0.2) is 64.4 Å². The Morgan fingerprint density at radius 2 is 0.955 bits per heavy atom. The lowest BCUT2D eigenvalue weighted by molar-refractivity contribution is 0.00145. The second kappa shape index (κ2) is 12.2. The van der Waals surface area contributed by atoms with Gasteiger partial charge in [0, 0.05) is 11.5 Å². The highest BCUT2D eigenvalue weighted by Crippen LogP contribution is 2.40. The van der Waals surface area contributed by atoms with Crippen molar-refractivity contribution in [1.29, 1.82) is 0 Å². The highest BCUT2D eigenvalue weighted by molar-refractivity contribution is 8.05. The molecule has 4 nitrogen and oxygen atoms in total. The van der Waals surface area contributed by atoms with Crippen LogP contribution in [0.3, 0.4) is 0 Å². The molecule has 0 saturated heterocycles. The Labute approximate surface area is 152 Å². The van der Waals surface area contributed by atoms with Gasteiger partial charge in [0.25, 0.3) is 0 Å².